The molecule has 2 amide bonds. The first-order chi connectivity index (χ1) is 32.5. The number of nitrogens with one attached hydrogen (secondary N) is 3. The zero-order valence-electron chi connectivity index (χ0n) is 38.3. The molecule has 2 aliphatic carbocycles. The molecule has 3 aliphatic heterocycles. The van der Waals surface area contributed by atoms with Crippen molar-refractivity contribution in [3.63, 3.8) is 0 Å². The van der Waals surface area contributed by atoms with Gasteiger partial charge in [0.05, 0.1) is 44.0 Å². The number of aromatic amines is 1. The highest BCUT2D eigenvalue weighted by Gasteiger charge is 2.56. The molecule has 0 unspecified atom stereocenters. The molecule has 5 heterocycles. The van der Waals surface area contributed by atoms with Crippen LogP contribution in [0.4, 0.5) is 21.5 Å². The third kappa shape index (κ3) is 8.39. The summed E-state index contributed by atoms with van der Waals surface area (Å²) in [6.07, 6.45) is 9.41. The number of piperidine rings is 1. The maximum Gasteiger partial charge on any atom is 0.297 e. The van der Waals surface area contributed by atoms with E-state index in [0.717, 1.165) is 37.6 Å². The van der Waals surface area contributed by atoms with Crippen molar-refractivity contribution in [2.45, 2.75) is 113 Å². The number of amides is 2. The molecule has 0 radical (unpaired) electrons. The minimum Gasteiger partial charge on any atom is -0.489 e. The number of halogens is 1. The van der Waals surface area contributed by atoms with Gasteiger partial charge in [0, 0.05) is 61.7 Å². The first-order valence-electron chi connectivity index (χ1n) is 23.6. The number of likely N-dealkylation sites (tertiary alicyclic amines) is 1. The number of carbonyl (C=O) groups excluding carboxylic acids is 2. The molecule has 0 bridgehead atoms. The largest absolute Gasteiger partial charge is 0.489 e. The number of carbonyl (C=O) groups is 2. The molecular weight excluding hydrogens is 894 g/mol. The Morgan fingerprint density at radius 2 is 1.82 bits per heavy atom. The number of β-lactam (4-membered cyclic amide) rings is 1. The van der Waals surface area contributed by atoms with E-state index in [1.165, 1.54) is 29.5 Å². The number of rotatable bonds is 11. The number of aromatic nitrogens is 2. The van der Waals surface area contributed by atoms with Crippen LogP contribution in [0.15, 0.2) is 78.0 Å². The summed E-state index contributed by atoms with van der Waals surface area (Å²) in [6.45, 7) is 8.13. The van der Waals surface area contributed by atoms with Crippen LogP contribution in [-0.4, -0.2) is 89.1 Å². The predicted octanol–water partition coefficient (Wildman–Crippen LogP) is 8.52. The number of ether oxygens (including phenoxy) is 2. The third-order valence-electron chi connectivity index (χ3n) is 15.3. The Hall–Kier alpha value is -6.27. The minimum absolute atomic E-state index is 0.0397. The molecule has 18 heteroatoms. The Bertz CT molecular complexity index is 2920. The average molecular weight is 950 g/mol. The summed E-state index contributed by atoms with van der Waals surface area (Å²) < 4.78 is 56.8. The Kier molecular flexibility index (Phi) is 11.6. The smallest absolute Gasteiger partial charge is 0.297 e. The molecule has 2 aromatic heterocycles. The van der Waals surface area contributed by atoms with Crippen LogP contribution in [0.2, 0.25) is 0 Å². The fourth-order valence-electron chi connectivity index (χ4n) is 11.4. The third-order valence-corrected chi connectivity index (χ3v) is 16.6. The van der Waals surface area contributed by atoms with E-state index in [1.54, 1.807) is 19.1 Å². The molecular formula is C50H56FN7O9S. The first-order valence-corrected chi connectivity index (χ1v) is 25.1. The summed E-state index contributed by atoms with van der Waals surface area (Å²) in [6, 6.07) is 16.7. The molecule has 16 nitrogen and oxygen atoms in total. The van der Waals surface area contributed by atoms with Gasteiger partial charge in [0.15, 0.2) is 11.4 Å². The molecule has 358 valence electrons. The lowest BCUT2D eigenvalue weighted by Gasteiger charge is -2.55. The van der Waals surface area contributed by atoms with Gasteiger partial charge in [0.25, 0.3) is 21.6 Å². The highest BCUT2D eigenvalue weighted by molar-refractivity contribution is 7.90. The van der Waals surface area contributed by atoms with Crippen molar-refractivity contribution < 1.29 is 41.9 Å². The summed E-state index contributed by atoms with van der Waals surface area (Å²) in [5.41, 5.74) is 1.73. The number of nitro groups is 1. The van der Waals surface area contributed by atoms with Gasteiger partial charge < -0.3 is 34.7 Å². The van der Waals surface area contributed by atoms with E-state index in [2.05, 4.69) is 67.9 Å². The van der Waals surface area contributed by atoms with Gasteiger partial charge in [0.1, 0.15) is 29.6 Å². The van der Waals surface area contributed by atoms with Gasteiger partial charge >= 0.3 is 0 Å². The normalized spacial score (nSPS) is 24.6. The number of hydrogen-bond donors (Lipinski definition) is 4. The average Bonchev–Trinajstić information content (AvgIpc) is 3.96. The molecule has 68 heavy (non-hydrogen) atoms. The highest BCUT2D eigenvalue weighted by atomic mass is 32.2. The minimum atomic E-state index is -4.75. The number of pyridine rings is 1. The lowest BCUT2D eigenvalue weighted by molar-refractivity contribution is -0.384. The zero-order valence-corrected chi connectivity index (χ0v) is 39.1. The van der Waals surface area contributed by atoms with Gasteiger partial charge in [-0.1, -0.05) is 44.5 Å². The number of H-pyrrole nitrogens is 1. The van der Waals surface area contributed by atoms with Crippen LogP contribution in [0.25, 0.3) is 11.0 Å². The predicted molar refractivity (Wildman–Crippen MR) is 252 cm³/mol. The molecule has 2 saturated heterocycles. The van der Waals surface area contributed by atoms with Gasteiger partial charge in [-0.15, -0.1) is 0 Å². The topological polar surface area (TPSA) is 209 Å². The van der Waals surface area contributed by atoms with Gasteiger partial charge in [-0.25, -0.2) is 22.5 Å². The van der Waals surface area contributed by atoms with E-state index in [0.29, 0.717) is 75.7 Å². The molecule has 4 N–H and O–H groups in total. The van der Waals surface area contributed by atoms with E-state index in [9.17, 15) is 37.6 Å². The summed E-state index contributed by atoms with van der Waals surface area (Å²) in [5, 5.41) is 26.2. The molecule has 3 atom stereocenters. The fraction of sp³-hybridized carbons (Fsp3) is 0.460. The zero-order chi connectivity index (χ0) is 47.7. The summed E-state index contributed by atoms with van der Waals surface area (Å²) in [5.74, 6) is -0.680. The van der Waals surface area contributed by atoms with Crippen molar-refractivity contribution in [1.29, 1.82) is 0 Å². The van der Waals surface area contributed by atoms with Crippen molar-refractivity contribution in [2.75, 3.05) is 36.5 Å². The van der Waals surface area contributed by atoms with Crippen LogP contribution in [0.3, 0.4) is 0 Å². The molecule has 2 saturated carbocycles. The highest BCUT2D eigenvalue weighted by Crippen LogP contribution is 2.50. The van der Waals surface area contributed by atoms with E-state index < -0.39 is 48.3 Å². The monoisotopic (exact) mass is 949 g/mol. The van der Waals surface area contributed by atoms with Crippen molar-refractivity contribution in [3.05, 3.63) is 106 Å². The summed E-state index contributed by atoms with van der Waals surface area (Å²) in [7, 11) is -4.75. The summed E-state index contributed by atoms with van der Waals surface area (Å²) >= 11 is 0. The van der Waals surface area contributed by atoms with Crippen molar-refractivity contribution in [1.82, 2.24) is 19.6 Å². The standard InChI is InChI=1S/C50H56FN7O9S/c1-29(2)34-7-4-5-8-35(34)36-9-6-10-41(36)57-28-50(48(57)60)17-19-56(20-18-50)31-11-12-37(43(21-31)67-32-22-38-39(51)26-53-46(38)52-25-32)47(59)55-68(64,65)33-23-42(58(62)63)45-44(24-33)66-27-40(54-45)30-13-15-49(3,61)16-14-30/h4-5,7-8,11-12,21-26,29-30,36,40-41,54,61H,6,9-10,13-20,27-28H2,1-3H3,(H,52,53)(H,55,59)/t30-,36-,40-,41-,49-/m1/s1. The van der Waals surface area contributed by atoms with Gasteiger partial charge in [-0.05, 0) is 99.5 Å². The van der Waals surface area contributed by atoms with Crippen LogP contribution in [0.5, 0.6) is 17.2 Å². The molecule has 4 fully saturated rings. The number of benzene rings is 3. The number of aliphatic hydroxyl groups is 1. The molecule has 5 aliphatic rings. The van der Waals surface area contributed by atoms with Crippen LogP contribution < -0.4 is 24.4 Å². The van der Waals surface area contributed by atoms with Crippen molar-refractivity contribution >= 4 is 49.9 Å². The molecule has 1 spiro atoms. The van der Waals surface area contributed by atoms with Gasteiger partial charge in [-0.2, -0.15) is 0 Å². The lowest BCUT2D eigenvalue weighted by atomic mass is 9.69. The van der Waals surface area contributed by atoms with Gasteiger partial charge in [-0.3, -0.25) is 19.7 Å². The van der Waals surface area contributed by atoms with E-state index >= 15 is 0 Å². The Balaban J connectivity index is 0.873. The van der Waals surface area contributed by atoms with Crippen LogP contribution in [-0.2, 0) is 14.8 Å². The second-order valence-corrected chi connectivity index (χ2v) is 21.7. The van der Waals surface area contributed by atoms with Gasteiger partial charge in [0.2, 0.25) is 5.91 Å². The van der Waals surface area contributed by atoms with Crippen molar-refractivity contribution in [2.24, 2.45) is 11.3 Å². The molecule has 3 aromatic carbocycles. The van der Waals surface area contributed by atoms with E-state index in [4.69, 9.17) is 9.47 Å². The molecule has 10 rings (SSSR count). The quantitative estimate of drug-likeness (QED) is 0.0558. The number of anilines is 2. The number of nitro benzene ring substituents is 1. The maximum absolute atomic E-state index is 14.7. The SMILES string of the molecule is CC(C)c1ccccc1[C@H]1CCC[C@H]1N1CC2(CCN(c3ccc(C(=O)NS(=O)(=O)c4cc5c(c([N+](=O)[O-])c4)N[C@@H]([C@H]4CC[C@](C)(O)CC4)CO5)c(Oc4cnc5[nH]cc(F)c5c4)c3)CC2)C1=O. The van der Waals surface area contributed by atoms with Crippen LogP contribution >= 0.6 is 0 Å². The van der Waals surface area contributed by atoms with Crippen molar-refractivity contribution in [3.8, 4) is 17.2 Å². The number of sulfonamides is 1. The number of hydrogen-bond acceptors (Lipinski definition) is 12. The van der Waals surface area contributed by atoms with E-state index in [-0.39, 0.29) is 70.0 Å². The Morgan fingerprint density at radius 1 is 1.06 bits per heavy atom. The Labute approximate surface area is 393 Å². The first kappa shape index (κ1) is 45.5. The Morgan fingerprint density at radius 3 is 2.56 bits per heavy atom. The second-order valence-electron chi connectivity index (χ2n) is 20.0. The maximum atomic E-state index is 14.7. The fourth-order valence-corrected chi connectivity index (χ4v) is 12.4. The second kappa shape index (κ2) is 17.4. The number of nitrogens with zero attached hydrogens (tertiary/aromatic N) is 4. The van der Waals surface area contributed by atoms with Crippen LogP contribution in [0.1, 0.15) is 112 Å². The number of fused-ring (bicyclic) bond motifs is 2. The lowest BCUT2D eigenvalue weighted by Crippen LogP contribution is -2.67. The van der Waals surface area contributed by atoms with Crippen LogP contribution in [0, 0.1) is 27.3 Å². The van der Waals surface area contributed by atoms with E-state index in [1.807, 2.05) is 0 Å². The molecule has 5 aromatic rings. The summed E-state index contributed by atoms with van der Waals surface area (Å²) in [4.78, 5) is 50.6.